The summed E-state index contributed by atoms with van der Waals surface area (Å²) >= 11 is 0. The maximum atomic E-state index is 13.2. The standard InChI is InChI=1S/C10H15F2N3/c1-3-6(2)5-14-10-8(12)4-7(11)9(13)15-10/h4,6H,3,5H2,1-2H3,(H3,13,14,15). The largest absolute Gasteiger partial charge is 0.381 e. The molecule has 0 saturated heterocycles. The van der Waals surface area contributed by atoms with Gasteiger partial charge in [0.1, 0.15) is 0 Å². The molecule has 0 aliphatic heterocycles. The third-order valence-electron chi connectivity index (χ3n) is 2.27. The third-order valence-corrected chi connectivity index (χ3v) is 2.27. The fraction of sp³-hybridized carbons (Fsp3) is 0.500. The van der Waals surface area contributed by atoms with Crippen LogP contribution in [0.3, 0.4) is 0 Å². The number of anilines is 2. The second-order valence-electron chi connectivity index (χ2n) is 3.58. The first-order chi connectivity index (χ1) is 7.04. The van der Waals surface area contributed by atoms with E-state index in [-0.39, 0.29) is 11.6 Å². The molecule has 5 heteroatoms. The number of nitrogen functional groups attached to an aromatic ring is 1. The molecular weight excluding hydrogens is 200 g/mol. The number of rotatable bonds is 4. The normalized spacial score (nSPS) is 12.5. The summed E-state index contributed by atoms with van der Waals surface area (Å²) in [6.45, 7) is 4.65. The lowest BCUT2D eigenvalue weighted by Crippen LogP contribution is -2.13. The highest BCUT2D eigenvalue weighted by Crippen LogP contribution is 2.17. The van der Waals surface area contributed by atoms with Crippen LogP contribution in [-0.4, -0.2) is 11.5 Å². The zero-order chi connectivity index (χ0) is 11.4. The molecule has 0 bridgehead atoms. The second kappa shape index (κ2) is 4.91. The van der Waals surface area contributed by atoms with E-state index in [9.17, 15) is 8.78 Å². The highest BCUT2D eigenvalue weighted by atomic mass is 19.1. The second-order valence-corrected chi connectivity index (χ2v) is 3.58. The van der Waals surface area contributed by atoms with Gasteiger partial charge in [-0.15, -0.1) is 0 Å². The van der Waals surface area contributed by atoms with Gasteiger partial charge in [0, 0.05) is 12.6 Å². The topological polar surface area (TPSA) is 50.9 Å². The van der Waals surface area contributed by atoms with Crippen molar-refractivity contribution in [1.29, 1.82) is 0 Å². The Morgan fingerprint density at radius 2 is 2.13 bits per heavy atom. The number of nitrogens with two attached hydrogens (primary N) is 1. The Kier molecular flexibility index (Phi) is 3.82. The average Bonchev–Trinajstić information content (AvgIpc) is 2.21. The van der Waals surface area contributed by atoms with Crippen LogP contribution in [0.2, 0.25) is 0 Å². The molecule has 15 heavy (non-hydrogen) atoms. The minimum atomic E-state index is -0.832. The Morgan fingerprint density at radius 3 is 2.73 bits per heavy atom. The van der Waals surface area contributed by atoms with Crippen LogP contribution in [0.5, 0.6) is 0 Å². The number of hydrogen-bond donors (Lipinski definition) is 2. The summed E-state index contributed by atoms with van der Waals surface area (Å²) in [6.07, 6.45) is 0.977. The van der Waals surface area contributed by atoms with E-state index < -0.39 is 11.6 Å². The van der Waals surface area contributed by atoms with E-state index in [1.54, 1.807) is 0 Å². The zero-order valence-corrected chi connectivity index (χ0v) is 8.85. The summed E-state index contributed by atoms with van der Waals surface area (Å²) in [5.41, 5.74) is 5.24. The minimum Gasteiger partial charge on any atom is -0.381 e. The van der Waals surface area contributed by atoms with Crippen LogP contribution in [-0.2, 0) is 0 Å². The van der Waals surface area contributed by atoms with Crippen molar-refractivity contribution in [3.05, 3.63) is 17.7 Å². The van der Waals surface area contributed by atoms with Crippen LogP contribution in [0.4, 0.5) is 20.4 Å². The van der Waals surface area contributed by atoms with Gasteiger partial charge in [0.05, 0.1) is 0 Å². The van der Waals surface area contributed by atoms with Gasteiger partial charge in [0.15, 0.2) is 23.3 Å². The molecule has 1 aromatic heterocycles. The lowest BCUT2D eigenvalue weighted by Gasteiger charge is -2.11. The Balaban J connectivity index is 2.73. The first-order valence-corrected chi connectivity index (χ1v) is 4.90. The van der Waals surface area contributed by atoms with Crippen molar-refractivity contribution < 1.29 is 8.78 Å². The van der Waals surface area contributed by atoms with Gasteiger partial charge in [-0.2, -0.15) is 0 Å². The Bertz CT molecular complexity index is 342. The summed E-state index contributed by atoms with van der Waals surface area (Å²) < 4.78 is 25.9. The molecule has 3 nitrogen and oxygen atoms in total. The molecule has 1 rings (SSSR count). The van der Waals surface area contributed by atoms with E-state index in [1.165, 1.54) is 0 Å². The molecule has 0 amide bonds. The predicted octanol–water partition coefficient (Wildman–Crippen LogP) is 2.40. The SMILES string of the molecule is CCC(C)CNc1nc(N)c(F)cc1F. The number of nitrogens with zero attached hydrogens (tertiary/aromatic N) is 1. The van der Waals surface area contributed by atoms with Gasteiger partial charge in [-0.05, 0) is 5.92 Å². The smallest absolute Gasteiger partial charge is 0.168 e. The number of nitrogens with one attached hydrogen (secondary N) is 1. The van der Waals surface area contributed by atoms with E-state index in [0.29, 0.717) is 12.5 Å². The van der Waals surface area contributed by atoms with Gasteiger partial charge in [-0.1, -0.05) is 20.3 Å². The Morgan fingerprint density at radius 1 is 1.47 bits per heavy atom. The predicted molar refractivity (Wildman–Crippen MR) is 56.5 cm³/mol. The fourth-order valence-electron chi connectivity index (χ4n) is 1.02. The minimum absolute atomic E-state index is 0.00852. The number of pyridine rings is 1. The summed E-state index contributed by atoms with van der Waals surface area (Å²) in [5.74, 6) is -1.43. The van der Waals surface area contributed by atoms with Crippen molar-refractivity contribution in [3.8, 4) is 0 Å². The summed E-state index contributed by atoms with van der Waals surface area (Å²) in [7, 11) is 0. The average molecular weight is 215 g/mol. The lowest BCUT2D eigenvalue weighted by molar-refractivity contribution is 0.567. The molecule has 0 saturated carbocycles. The van der Waals surface area contributed by atoms with Crippen molar-refractivity contribution >= 4 is 11.6 Å². The van der Waals surface area contributed by atoms with E-state index in [4.69, 9.17) is 5.73 Å². The van der Waals surface area contributed by atoms with Crippen molar-refractivity contribution in [2.75, 3.05) is 17.6 Å². The van der Waals surface area contributed by atoms with E-state index in [0.717, 1.165) is 12.5 Å². The van der Waals surface area contributed by atoms with Crippen LogP contribution < -0.4 is 11.1 Å². The van der Waals surface area contributed by atoms with E-state index in [2.05, 4.69) is 10.3 Å². The van der Waals surface area contributed by atoms with Crippen molar-refractivity contribution in [2.45, 2.75) is 20.3 Å². The van der Waals surface area contributed by atoms with E-state index in [1.807, 2.05) is 13.8 Å². The lowest BCUT2D eigenvalue weighted by atomic mass is 10.1. The molecular formula is C10H15F2N3. The van der Waals surface area contributed by atoms with Crippen LogP contribution in [0, 0.1) is 17.6 Å². The highest BCUT2D eigenvalue weighted by molar-refractivity contribution is 5.44. The molecule has 0 spiro atoms. The monoisotopic (exact) mass is 215 g/mol. The first kappa shape index (κ1) is 11.7. The maximum absolute atomic E-state index is 13.2. The van der Waals surface area contributed by atoms with Crippen LogP contribution in [0.1, 0.15) is 20.3 Å². The summed E-state index contributed by atoms with van der Waals surface area (Å²) in [6, 6.07) is 0.737. The molecule has 0 aliphatic rings. The third kappa shape index (κ3) is 3.04. The van der Waals surface area contributed by atoms with Crippen LogP contribution in [0.25, 0.3) is 0 Å². The zero-order valence-electron chi connectivity index (χ0n) is 8.85. The van der Waals surface area contributed by atoms with Crippen molar-refractivity contribution in [1.82, 2.24) is 4.98 Å². The van der Waals surface area contributed by atoms with Crippen LogP contribution >= 0.6 is 0 Å². The number of halogens is 2. The first-order valence-electron chi connectivity index (χ1n) is 4.90. The van der Waals surface area contributed by atoms with Gasteiger partial charge in [-0.25, -0.2) is 13.8 Å². The van der Waals surface area contributed by atoms with Gasteiger partial charge in [-0.3, -0.25) is 0 Å². The van der Waals surface area contributed by atoms with Gasteiger partial charge < -0.3 is 11.1 Å². The fourth-order valence-corrected chi connectivity index (χ4v) is 1.02. The highest BCUT2D eigenvalue weighted by Gasteiger charge is 2.09. The number of aromatic nitrogens is 1. The molecule has 0 aliphatic carbocycles. The maximum Gasteiger partial charge on any atom is 0.168 e. The molecule has 0 radical (unpaired) electrons. The van der Waals surface area contributed by atoms with Gasteiger partial charge >= 0.3 is 0 Å². The quantitative estimate of drug-likeness (QED) is 0.810. The number of hydrogen-bond acceptors (Lipinski definition) is 3. The molecule has 1 aromatic rings. The molecule has 84 valence electrons. The van der Waals surface area contributed by atoms with Crippen molar-refractivity contribution in [2.24, 2.45) is 5.92 Å². The van der Waals surface area contributed by atoms with Crippen LogP contribution in [0.15, 0.2) is 6.07 Å². The van der Waals surface area contributed by atoms with Gasteiger partial charge in [0.2, 0.25) is 0 Å². The molecule has 0 fully saturated rings. The summed E-state index contributed by atoms with van der Waals surface area (Å²) in [5, 5.41) is 2.80. The Labute approximate surface area is 87.7 Å². The molecule has 1 atom stereocenters. The Hall–Kier alpha value is -1.39. The van der Waals surface area contributed by atoms with Crippen molar-refractivity contribution in [3.63, 3.8) is 0 Å². The molecule has 0 aromatic carbocycles. The molecule has 1 unspecified atom stereocenters. The van der Waals surface area contributed by atoms with Gasteiger partial charge in [0.25, 0.3) is 0 Å². The molecule has 3 N–H and O–H groups in total. The summed E-state index contributed by atoms with van der Waals surface area (Å²) in [4.78, 5) is 3.60. The van der Waals surface area contributed by atoms with E-state index >= 15 is 0 Å². The molecule has 1 heterocycles.